The first-order valence-electron chi connectivity index (χ1n) is 6.61. The molecule has 0 fully saturated rings. The second-order valence-electron chi connectivity index (χ2n) is 4.70. The molecule has 0 bridgehead atoms. The summed E-state index contributed by atoms with van der Waals surface area (Å²) in [6.07, 6.45) is 1.51. The lowest BCUT2D eigenvalue weighted by Crippen LogP contribution is -2.07. The van der Waals surface area contributed by atoms with Crippen molar-refractivity contribution in [2.24, 2.45) is 0 Å². The SMILES string of the molecule is COc1cc(Oc2cnc(OC(C)C)c(Cl)c2)ccc1C#N. The number of halogens is 1. The number of hydrogen-bond donors (Lipinski definition) is 0. The van der Waals surface area contributed by atoms with Crippen molar-refractivity contribution in [2.75, 3.05) is 7.11 Å². The Morgan fingerprint density at radius 2 is 2.00 bits per heavy atom. The molecule has 0 saturated heterocycles. The molecule has 0 unspecified atom stereocenters. The van der Waals surface area contributed by atoms with E-state index in [1.54, 1.807) is 24.3 Å². The van der Waals surface area contributed by atoms with E-state index in [1.807, 2.05) is 19.9 Å². The highest BCUT2D eigenvalue weighted by molar-refractivity contribution is 6.31. The smallest absolute Gasteiger partial charge is 0.233 e. The number of nitriles is 1. The number of methoxy groups -OCH3 is 1. The molecule has 0 saturated carbocycles. The fraction of sp³-hybridized carbons (Fsp3) is 0.250. The summed E-state index contributed by atoms with van der Waals surface area (Å²) in [4.78, 5) is 4.13. The van der Waals surface area contributed by atoms with Crippen molar-refractivity contribution < 1.29 is 14.2 Å². The molecule has 5 nitrogen and oxygen atoms in total. The molecular weight excluding hydrogens is 304 g/mol. The normalized spacial score (nSPS) is 10.2. The Bertz CT molecular complexity index is 711. The van der Waals surface area contributed by atoms with Crippen LogP contribution in [0.25, 0.3) is 0 Å². The van der Waals surface area contributed by atoms with Crippen LogP contribution in [0.2, 0.25) is 5.02 Å². The van der Waals surface area contributed by atoms with Crippen LogP contribution in [0.4, 0.5) is 0 Å². The maximum absolute atomic E-state index is 8.96. The van der Waals surface area contributed by atoms with Gasteiger partial charge in [-0.25, -0.2) is 4.98 Å². The van der Waals surface area contributed by atoms with Gasteiger partial charge < -0.3 is 14.2 Å². The second-order valence-corrected chi connectivity index (χ2v) is 5.11. The van der Waals surface area contributed by atoms with Gasteiger partial charge in [0.15, 0.2) is 0 Å². The Kier molecular flexibility index (Phi) is 5.08. The fourth-order valence-corrected chi connectivity index (χ4v) is 1.94. The van der Waals surface area contributed by atoms with E-state index in [0.29, 0.717) is 33.7 Å². The number of aromatic nitrogens is 1. The summed E-state index contributed by atoms with van der Waals surface area (Å²) >= 11 is 6.11. The molecule has 0 atom stereocenters. The summed E-state index contributed by atoms with van der Waals surface area (Å²) in [5.41, 5.74) is 0.437. The topological polar surface area (TPSA) is 64.4 Å². The van der Waals surface area contributed by atoms with Gasteiger partial charge in [0.05, 0.1) is 25.0 Å². The summed E-state index contributed by atoms with van der Waals surface area (Å²) in [6, 6.07) is 8.59. The predicted molar refractivity (Wildman–Crippen MR) is 82.8 cm³/mol. The van der Waals surface area contributed by atoms with E-state index in [1.165, 1.54) is 13.3 Å². The van der Waals surface area contributed by atoms with Gasteiger partial charge in [-0.15, -0.1) is 0 Å². The Labute approximate surface area is 134 Å². The number of benzene rings is 1. The third-order valence-electron chi connectivity index (χ3n) is 2.66. The summed E-state index contributed by atoms with van der Waals surface area (Å²) in [6.45, 7) is 3.79. The lowest BCUT2D eigenvalue weighted by atomic mass is 10.2. The summed E-state index contributed by atoms with van der Waals surface area (Å²) in [5.74, 6) is 1.79. The Morgan fingerprint density at radius 1 is 1.23 bits per heavy atom. The van der Waals surface area contributed by atoms with Crippen LogP contribution in [0, 0.1) is 11.3 Å². The highest BCUT2D eigenvalue weighted by Gasteiger charge is 2.09. The van der Waals surface area contributed by atoms with Gasteiger partial charge in [-0.2, -0.15) is 5.26 Å². The zero-order chi connectivity index (χ0) is 16.1. The van der Waals surface area contributed by atoms with Gasteiger partial charge in [-0.1, -0.05) is 11.6 Å². The maximum Gasteiger partial charge on any atom is 0.233 e. The van der Waals surface area contributed by atoms with Crippen LogP contribution in [-0.4, -0.2) is 18.2 Å². The molecule has 2 rings (SSSR count). The van der Waals surface area contributed by atoms with Gasteiger partial charge in [-0.3, -0.25) is 0 Å². The largest absolute Gasteiger partial charge is 0.495 e. The number of pyridine rings is 1. The third kappa shape index (κ3) is 3.80. The van der Waals surface area contributed by atoms with Crippen molar-refractivity contribution in [2.45, 2.75) is 20.0 Å². The molecule has 0 aliphatic heterocycles. The molecule has 0 spiro atoms. The van der Waals surface area contributed by atoms with E-state index < -0.39 is 0 Å². The molecule has 1 aromatic heterocycles. The van der Waals surface area contributed by atoms with Crippen LogP contribution in [0.3, 0.4) is 0 Å². The quantitative estimate of drug-likeness (QED) is 0.826. The van der Waals surface area contributed by atoms with Crippen LogP contribution in [0.15, 0.2) is 30.5 Å². The summed E-state index contributed by atoms with van der Waals surface area (Å²) < 4.78 is 16.3. The average molecular weight is 319 g/mol. The van der Waals surface area contributed by atoms with Gasteiger partial charge in [-0.05, 0) is 26.0 Å². The lowest BCUT2D eigenvalue weighted by Gasteiger charge is -2.12. The average Bonchev–Trinajstić information content (AvgIpc) is 2.49. The van der Waals surface area contributed by atoms with Crippen LogP contribution >= 0.6 is 11.6 Å². The van der Waals surface area contributed by atoms with Crippen LogP contribution < -0.4 is 14.2 Å². The fourth-order valence-electron chi connectivity index (χ4n) is 1.74. The van der Waals surface area contributed by atoms with Crippen molar-refractivity contribution >= 4 is 11.6 Å². The van der Waals surface area contributed by atoms with Crippen molar-refractivity contribution in [3.05, 3.63) is 41.0 Å². The summed E-state index contributed by atoms with van der Waals surface area (Å²) in [5, 5.41) is 9.32. The van der Waals surface area contributed by atoms with Crippen LogP contribution in [-0.2, 0) is 0 Å². The molecule has 0 N–H and O–H groups in total. The number of hydrogen-bond acceptors (Lipinski definition) is 5. The number of ether oxygens (including phenoxy) is 3. The molecule has 0 aliphatic rings. The van der Waals surface area contributed by atoms with Gasteiger partial charge in [0.1, 0.15) is 28.3 Å². The van der Waals surface area contributed by atoms with Gasteiger partial charge in [0.25, 0.3) is 0 Å². The van der Waals surface area contributed by atoms with Crippen molar-refractivity contribution in [1.82, 2.24) is 4.98 Å². The monoisotopic (exact) mass is 318 g/mol. The van der Waals surface area contributed by atoms with Crippen molar-refractivity contribution in [3.63, 3.8) is 0 Å². The first kappa shape index (κ1) is 15.9. The highest BCUT2D eigenvalue weighted by Crippen LogP contribution is 2.31. The van der Waals surface area contributed by atoms with E-state index in [0.717, 1.165) is 0 Å². The summed E-state index contributed by atoms with van der Waals surface area (Å²) in [7, 11) is 1.50. The first-order valence-corrected chi connectivity index (χ1v) is 6.99. The molecular formula is C16H15ClN2O3. The van der Waals surface area contributed by atoms with Crippen molar-refractivity contribution in [3.8, 4) is 29.2 Å². The Balaban J connectivity index is 2.21. The van der Waals surface area contributed by atoms with E-state index >= 15 is 0 Å². The minimum Gasteiger partial charge on any atom is -0.495 e. The van der Waals surface area contributed by atoms with Crippen LogP contribution in [0.1, 0.15) is 19.4 Å². The minimum absolute atomic E-state index is 0.0143. The minimum atomic E-state index is -0.0143. The van der Waals surface area contributed by atoms with Gasteiger partial charge >= 0.3 is 0 Å². The molecule has 0 aliphatic carbocycles. The Hall–Kier alpha value is -2.45. The maximum atomic E-state index is 8.96. The molecule has 2 aromatic rings. The first-order chi connectivity index (χ1) is 10.5. The zero-order valence-corrected chi connectivity index (χ0v) is 13.2. The van der Waals surface area contributed by atoms with E-state index in [9.17, 15) is 0 Å². The number of nitrogens with zero attached hydrogens (tertiary/aromatic N) is 2. The molecule has 1 aromatic carbocycles. The van der Waals surface area contributed by atoms with E-state index in [4.69, 9.17) is 31.1 Å². The molecule has 0 radical (unpaired) electrons. The van der Waals surface area contributed by atoms with E-state index in [2.05, 4.69) is 4.98 Å². The van der Waals surface area contributed by atoms with Crippen molar-refractivity contribution in [1.29, 1.82) is 5.26 Å². The third-order valence-corrected chi connectivity index (χ3v) is 2.93. The lowest BCUT2D eigenvalue weighted by molar-refractivity contribution is 0.232. The number of rotatable bonds is 5. The van der Waals surface area contributed by atoms with Gasteiger partial charge in [0.2, 0.25) is 5.88 Å². The zero-order valence-electron chi connectivity index (χ0n) is 12.5. The molecule has 22 heavy (non-hydrogen) atoms. The molecule has 6 heteroatoms. The Morgan fingerprint density at radius 3 is 2.59 bits per heavy atom. The molecule has 114 valence electrons. The van der Waals surface area contributed by atoms with E-state index in [-0.39, 0.29) is 6.10 Å². The molecule has 1 heterocycles. The highest BCUT2D eigenvalue weighted by atomic mass is 35.5. The predicted octanol–water partition coefficient (Wildman–Crippen LogP) is 4.19. The second kappa shape index (κ2) is 7.01. The van der Waals surface area contributed by atoms with Crippen LogP contribution in [0.5, 0.6) is 23.1 Å². The standard InChI is InChI=1S/C16H15ClN2O3/c1-10(2)21-16-14(17)6-13(9-19-16)22-12-5-4-11(8-18)15(7-12)20-3/h4-7,9-10H,1-3H3. The van der Waals surface area contributed by atoms with Gasteiger partial charge in [0, 0.05) is 12.1 Å². The molecule has 0 amide bonds.